The molecule has 0 saturated heterocycles. The smallest absolute Gasteiger partial charge is 0.0652 e. The van der Waals surface area contributed by atoms with Gasteiger partial charge in [0.25, 0.3) is 0 Å². The Labute approximate surface area is 60.9 Å². The molecular formula is C7H13N3. The van der Waals surface area contributed by atoms with Gasteiger partial charge in [-0.1, -0.05) is 0 Å². The van der Waals surface area contributed by atoms with Crippen molar-refractivity contribution >= 4 is 0 Å². The molecule has 0 spiro atoms. The number of hydrogen-bond acceptors (Lipinski definition) is 3. The summed E-state index contributed by atoms with van der Waals surface area (Å²) in [5.74, 6) is 0. The molecule has 0 amide bonds. The molecule has 0 unspecified atom stereocenters. The van der Waals surface area contributed by atoms with Gasteiger partial charge in [-0.15, -0.1) is 0 Å². The lowest BCUT2D eigenvalue weighted by Crippen LogP contribution is -2.43. The number of rotatable bonds is 0. The highest BCUT2D eigenvalue weighted by Gasteiger charge is 2.13. The minimum Gasteiger partial charge on any atom is -0.376 e. The molecule has 2 aliphatic heterocycles. The van der Waals surface area contributed by atoms with E-state index in [9.17, 15) is 0 Å². The zero-order chi connectivity index (χ0) is 6.81. The van der Waals surface area contributed by atoms with Crippen LogP contribution in [0.2, 0.25) is 0 Å². The monoisotopic (exact) mass is 139 g/mol. The predicted molar refractivity (Wildman–Crippen MR) is 40.5 cm³/mol. The maximum atomic E-state index is 3.35. The van der Waals surface area contributed by atoms with Crippen LogP contribution in [0.1, 0.15) is 6.42 Å². The van der Waals surface area contributed by atoms with Crippen LogP contribution in [0.15, 0.2) is 11.3 Å². The molecule has 56 valence electrons. The van der Waals surface area contributed by atoms with Crippen LogP contribution in [-0.2, 0) is 0 Å². The van der Waals surface area contributed by atoms with Crippen molar-refractivity contribution in [1.29, 1.82) is 0 Å². The van der Waals surface area contributed by atoms with Crippen LogP contribution >= 0.6 is 0 Å². The van der Waals surface area contributed by atoms with Gasteiger partial charge >= 0.3 is 0 Å². The zero-order valence-electron chi connectivity index (χ0n) is 6.04. The largest absolute Gasteiger partial charge is 0.376 e. The molecule has 0 aromatic carbocycles. The van der Waals surface area contributed by atoms with Crippen LogP contribution in [-0.4, -0.2) is 26.3 Å². The summed E-state index contributed by atoms with van der Waals surface area (Å²) in [6, 6.07) is 0. The third kappa shape index (κ3) is 1.02. The van der Waals surface area contributed by atoms with Crippen molar-refractivity contribution in [3.63, 3.8) is 0 Å². The number of hydrogen-bond donors (Lipinski definition) is 3. The minimum absolute atomic E-state index is 0.943. The van der Waals surface area contributed by atoms with Gasteiger partial charge in [0, 0.05) is 25.3 Å². The molecule has 0 radical (unpaired) electrons. The normalized spacial score (nSPS) is 25.6. The molecule has 2 rings (SSSR count). The van der Waals surface area contributed by atoms with Crippen molar-refractivity contribution in [3.05, 3.63) is 11.3 Å². The third-order valence-electron chi connectivity index (χ3n) is 2.08. The van der Waals surface area contributed by atoms with Crippen LogP contribution in [0.5, 0.6) is 0 Å². The van der Waals surface area contributed by atoms with Crippen LogP contribution in [0.4, 0.5) is 0 Å². The van der Waals surface area contributed by atoms with Crippen molar-refractivity contribution in [2.75, 3.05) is 26.3 Å². The van der Waals surface area contributed by atoms with Gasteiger partial charge < -0.3 is 10.6 Å². The lowest BCUT2D eigenvalue weighted by atomic mass is 10.1. The SMILES string of the molecule is C1CC2=C(CN1)CNCN2. The summed E-state index contributed by atoms with van der Waals surface area (Å²) in [5.41, 5.74) is 2.98. The van der Waals surface area contributed by atoms with Gasteiger partial charge in [0.15, 0.2) is 0 Å². The van der Waals surface area contributed by atoms with Gasteiger partial charge in [-0.3, -0.25) is 5.32 Å². The van der Waals surface area contributed by atoms with Crippen molar-refractivity contribution < 1.29 is 0 Å². The molecule has 0 fully saturated rings. The van der Waals surface area contributed by atoms with E-state index in [0.717, 1.165) is 26.3 Å². The third-order valence-corrected chi connectivity index (χ3v) is 2.08. The topological polar surface area (TPSA) is 36.1 Å². The standard InChI is InChI=1S/C7H13N3/c1-2-8-3-6-4-9-5-10-7(1)6/h8-10H,1-5H2. The van der Waals surface area contributed by atoms with E-state index < -0.39 is 0 Å². The molecule has 0 aliphatic carbocycles. The van der Waals surface area contributed by atoms with E-state index in [1.807, 2.05) is 0 Å². The molecule has 0 aromatic heterocycles. The van der Waals surface area contributed by atoms with Crippen LogP contribution < -0.4 is 16.0 Å². The number of nitrogens with one attached hydrogen (secondary N) is 3. The highest BCUT2D eigenvalue weighted by molar-refractivity contribution is 5.20. The Bertz CT molecular complexity index is 128. The van der Waals surface area contributed by atoms with Gasteiger partial charge in [0.1, 0.15) is 0 Å². The first-order valence-corrected chi connectivity index (χ1v) is 3.83. The Morgan fingerprint density at radius 3 is 2.90 bits per heavy atom. The first-order valence-electron chi connectivity index (χ1n) is 3.83. The molecule has 3 nitrogen and oxygen atoms in total. The fraction of sp³-hybridized carbons (Fsp3) is 0.714. The summed E-state index contributed by atoms with van der Waals surface area (Å²) in [7, 11) is 0. The summed E-state index contributed by atoms with van der Waals surface area (Å²) in [6.07, 6.45) is 1.18. The second-order valence-electron chi connectivity index (χ2n) is 2.79. The molecule has 2 aliphatic rings. The maximum absolute atomic E-state index is 3.35. The van der Waals surface area contributed by atoms with Crippen LogP contribution in [0.3, 0.4) is 0 Å². The van der Waals surface area contributed by atoms with E-state index in [1.165, 1.54) is 17.7 Å². The molecule has 0 bridgehead atoms. The molecule has 3 heteroatoms. The van der Waals surface area contributed by atoms with Crippen molar-refractivity contribution in [2.45, 2.75) is 6.42 Å². The Morgan fingerprint density at radius 2 is 2.00 bits per heavy atom. The molecule has 2 heterocycles. The van der Waals surface area contributed by atoms with E-state index in [1.54, 1.807) is 0 Å². The molecule has 3 N–H and O–H groups in total. The highest BCUT2D eigenvalue weighted by atomic mass is 15.1. The Hall–Kier alpha value is -0.540. The second-order valence-corrected chi connectivity index (χ2v) is 2.79. The van der Waals surface area contributed by atoms with Gasteiger partial charge in [-0.25, -0.2) is 0 Å². The molecule has 0 saturated carbocycles. The fourth-order valence-electron chi connectivity index (χ4n) is 1.50. The molecule has 0 aromatic rings. The maximum Gasteiger partial charge on any atom is 0.0652 e. The first-order chi connectivity index (χ1) is 4.97. The fourth-order valence-corrected chi connectivity index (χ4v) is 1.50. The van der Waals surface area contributed by atoms with E-state index in [0.29, 0.717) is 0 Å². The summed E-state index contributed by atoms with van der Waals surface area (Å²) < 4.78 is 0. The average molecular weight is 139 g/mol. The second kappa shape index (κ2) is 2.60. The lowest BCUT2D eigenvalue weighted by Gasteiger charge is -2.27. The van der Waals surface area contributed by atoms with Crippen LogP contribution in [0.25, 0.3) is 0 Å². The van der Waals surface area contributed by atoms with Crippen LogP contribution in [0, 0.1) is 0 Å². The highest BCUT2D eigenvalue weighted by Crippen LogP contribution is 2.10. The summed E-state index contributed by atoms with van der Waals surface area (Å²) >= 11 is 0. The average Bonchev–Trinajstić information content (AvgIpc) is 2.05. The zero-order valence-corrected chi connectivity index (χ0v) is 6.04. The van der Waals surface area contributed by atoms with Crippen molar-refractivity contribution in [1.82, 2.24) is 16.0 Å². The van der Waals surface area contributed by atoms with Gasteiger partial charge in [-0.2, -0.15) is 0 Å². The van der Waals surface area contributed by atoms with Crippen molar-refractivity contribution in [3.8, 4) is 0 Å². The lowest BCUT2D eigenvalue weighted by molar-refractivity contribution is 0.534. The van der Waals surface area contributed by atoms with Gasteiger partial charge in [-0.05, 0) is 12.0 Å². The molecule has 10 heavy (non-hydrogen) atoms. The van der Waals surface area contributed by atoms with Gasteiger partial charge in [0.05, 0.1) is 6.67 Å². The predicted octanol–water partition coefficient (Wildman–Crippen LogP) is -0.616. The Kier molecular flexibility index (Phi) is 1.61. The summed E-state index contributed by atoms with van der Waals surface area (Å²) in [5, 5.41) is 9.97. The van der Waals surface area contributed by atoms with Crippen molar-refractivity contribution in [2.24, 2.45) is 0 Å². The van der Waals surface area contributed by atoms with E-state index in [4.69, 9.17) is 0 Å². The minimum atomic E-state index is 0.943. The van der Waals surface area contributed by atoms with E-state index >= 15 is 0 Å². The summed E-state index contributed by atoms with van der Waals surface area (Å²) in [4.78, 5) is 0. The molecular weight excluding hydrogens is 126 g/mol. The Morgan fingerprint density at radius 1 is 1.10 bits per heavy atom. The summed E-state index contributed by atoms with van der Waals surface area (Å²) in [6.45, 7) is 4.20. The molecule has 0 atom stereocenters. The quantitative estimate of drug-likeness (QED) is 0.419. The Balaban J connectivity index is 2.14. The first kappa shape index (κ1) is 6.19. The van der Waals surface area contributed by atoms with E-state index in [2.05, 4.69) is 16.0 Å². The van der Waals surface area contributed by atoms with E-state index in [-0.39, 0.29) is 0 Å². The van der Waals surface area contributed by atoms with Gasteiger partial charge in [0.2, 0.25) is 0 Å².